The number of allylic oxidation sites excluding steroid dienone is 2. The van der Waals surface area contributed by atoms with Crippen LogP contribution < -0.4 is 0 Å². The van der Waals surface area contributed by atoms with Crippen LogP contribution in [0, 0.1) is 11.3 Å². The van der Waals surface area contributed by atoms with Crippen molar-refractivity contribution in [3.8, 4) is 0 Å². The molecule has 0 spiro atoms. The minimum absolute atomic E-state index is 0.412. The van der Waals surface area contributed by atoms with E-state index in [1.54, 1.807) is 0 Å². The number of carboxylic acids is 2. The van der Waals surface area contributed by atoms with E-state index in [9.17, 15) is 9.59 Å². The number of hydrogen-bond donors (Lipinski definition) is 3. The Labute approximate surface area is 101 Å². The topological polar surface area (TPSA) is 94.8 Å². The molecule has 17 heavy (non-hydrogen) atoms. The second-order valence-electron chi connectivity index (χ2n) is 4.10. The fraction of sp³-hybridized carbons (Fsp3) is 0.667. The van der Waals surface area contributed by atoms with Crippen molar-refractivity contribution in [2.45, 2.75) is 33.1 Å². The Morgan fingerprint density at radius 3 is 2.12 bits per heavy atom. The third kappa shape index (κ3) is 3.56. The highest BCUT2D eigenvalue weighted by Crippen LogP contribution is 2.31. The highest BCUT2D eigenvalue weighted by atomic mass is 16.4. The molecule has 0 rings (SSSR count). The third-order valence-corrected chi connectivity index (χ3v) is 3.02. The molecule has 3 N–H and O–H groups in total. The Hall–Kier alpha value is -1.36. The highest BCUT2D eigenvalue weighted by molar-refractivity contribution is 5.98. The summed E-state index contributed by atoms with van der Waals surface area (Å²) in [4.78, 5) is 22.1. The minimum atomic E-state index is -2.10. The molecule has 0 fully saturated rings. The Kier molecular flexibility index (Phi) is 6.50. The van der Waals surface area contributed by atoms with Gasteiger partial charge in [0.15, 0.2) is 5.41 Å². The Balaban J connectivity index is 4.76. The number of carboxylic acid groups (broad SMARTS) is 2. The molecule has 0 aromatic heterocycles. The Morgan fingerprint density at radius 1 is 1.24 bits per heavy atom. The van der Waals surface area contributed by atoms with Crippen molar-refractivity contribution >= 4 is 11.9 Å². The average Bonchev–Trinajstić information content (AvgIpc) is 2.25. The van der Waals surface area contributed by atoms with Crippen molar-refractivity contribution < 1.29 is 24.9 Å². The predicted molar refractivity (Wildman–Crippen MR) is 62.6 cm³/mol. The third-order valence-electron chi connectivity index (χ3n) is 3.02. The summed E-state index contributed by atoms with van der Waals surface area (Å²) in [6.45, 7) is 2.63. The first-order valence-electron chi connectivity index (χ1n) is 5.66. The van der Waals surface area contributed by atoms with E-state index < -0.39 is 29.9 Å². The van der Waals surface area contributed by atoms with Gasteiger partial charge in [0, 0.05) is 0 Å². The second kappa shape index (κ2) is 7.06. The van der Waals surface area contributed by atoms with Gasteiger partial charge in [0.2, 0.25) is 0 Å². The molecule has 0 aliphatic rings. The van der Waals surface area contributed by atoms with Gasteiger partial charge in [0.1, 0.15) is 0 Å². The molecule has 0 aromatic carbocycles. The van der Waals surface area contributed by atoms with Crippen LogP contribution in [0.25, 0.3) is 0 Å². The first-order valence-corrected chi connectivity index (χ1v) is 5.66. The maximum Gasteiger partial charge on any atom is 0.323 e. The van der Waals surface area contributed by atoms with Crippen LogP contribution in [0.5, 0.6) is 0 Å². The molecule has 0 heterocycles. The summed E-state index contributed by atoms with van der Waals surface area (Å²) < 4.78 is 0. The van der Waals surface area contributed by atoms with E-state index in [0.29, 0.717) is 12.8 Å². The van der Waals surface area contributed by atoms with Crippen LogP contribution in [-0.2, 0) is 9.59 Å². The van der Waals surface area contributed by atoms with Gasteiger partial charge in [-0.25, -0.2) is 0 Å². The van der Waals surface area contributed by atoms with E-state index in [-0.39, 0.29) is 0 Å². The van der Waals surface area contributed by atoms with Crippen molar-refractivity contribution in [1.29, 1.82) is 0 Å². The summed E-state index contributed by atoms with van der Waals surface area (Å²) in [6.07, 6.45) is 5.74. The molecule has 1 unspecified atom stereocenters. The first kappa shape index (κ1) is 15.6. The van der Waals surface area contributed by atoms with Gasteiger partial charge in [-0.1, -0.05) is 26.0 Å². The summed E-state index contributed by atoms with van der Waals surface area (Å²) in [5, 5.41) is 27.1. The van der Waals surface area contributed by atoms with E-state index in [4.69, 9.17) is 15.3 Å². The fourth-order valence-electron chi connectivity index (χ4n) is 1.68. The molecule has 0 aliphatic heterocycles. The average molecular weight is 244 g/mol. The van der Waals surface area contributed by atoms with Gasteiger partial charge in [0.25, 0.3) is 0 Å². The largest absolute Gasteiger partial charge is 0.480 e. The lowest BCUT2D eigenvalue weighted by atomic mass is 9.74. The monoisotopic (exact) mass is 244 g/mol. The first-order chi connectivity index (χ1) is 7.93. The lowest BCUT2D eigenvalue weighted by Crippen LogP contribution is -2.47. The second-order valence-corrected chi connectivity index (χ2v) is 4.10. The van der Waals surface area contributed by atoms with Gasteiger partial charge in [0.05, 0.1) is 6.61 Å². The van der Waals surface area contributed by atoms with E-state index in [1.807, 2.05) is 19.1 Å². The van der Waals surface area contributed by atoms with Crippen LogP contribution in [0.15, 0.2) is 12.2 Å². The lowest BCUT2D eigenvalue weighted by molar-refractivity contribution is -0.172. The highest BCUT2D eigenvalue weighted by Gasteiger charge is 2.50. The van der Waals surface area contributed by atoms with Gasteiger partial charge in [-0.2, -0.15) is 0 Å². The summed E-state index contributed by atoms with van der Waals surface area (Å²) in [5.41, 5.74) is -2.10. The molecular formula is C12H20O5. The zero-order valence-electron chi connectivity index (χ0n) is 10.2. The maximum absolute atomic E-state index is 11.1. The predicted octanol–water partition coefficient (Wildman–Crippen LogP) is 1.52. The normalized spacial score (nSPS) is 13.8. The standard InChI is InChI=1S/C12H20O5/c1-3-4-5-6-7-9(2)12(8-13,10(14)15)11(16)17/h4-5,9,13H,3,6-8H2,1-2H3,(H,14,15)(H,16,17). The molecule has 0 radical (unpaired) electrons. The van der Waals surface area contributed by atoms with Crippen molar-refractivity contribution in [1.82, 2.24) is 0 Å². The van der Waals surface area contributed by atoms with E-state index in [1.165, 1.54) is 6.92 Å². The van der Waals surface area contributed by atoms with Crippen LogP contribution in [0.4, 0.5) is 0 Å². The molecule has 0 aromatic rings. The molecular weight excluding hydrogens is 224 g/mol. The van der Waals surface area contributed by atoms with E-state index >= 15 is 0 Å². The van der Waals surface area contributed by atoms with Crippen LogP contribution in [-0.4, -0.2) is 33.9 Å². The van der Waals surface area contributed by atoms with Crippen LogP contribution in [0.2, 0.25) is 0 Å². The van der Waals surface area contributed by atoms with Crippen molar-refractivity contribution in [3.63, 3.8) is 0 Å². The summed E-state index contributed by atoms with van der Waals surface area (Å²) >= 11 is 0. The molecule has 0 saturated carbocycles. The van der Waals surface area contributed by atoms with Crippen molar-refractivity contribution in [2.24, 2.45) is 11.3 Å². The Bertz CT molecular complexity index is 281. The number of hydrogen-bond acceptors (Lipinski definition) is 3. The summed E-state index contributed by atoms with van der Waals surface area (Å²) in [7, 11) is 0. The SMILES string of the molecule is CCC=CCCC(C)C(CO)(C(=O)O)C(=O)O. The molecule has 5 nitrogen and oxygen atoms in total. The fourth-order valence-corrected chi connectivity index (χ4v) is 1.68. The summed E-state index contributed by atoms with van der Waals surface area (Å²) in [5.74, 6) is -3.61. The molecule has 0 bridgehead atoms. The smallest absolute Gasteiger partial charge is 0.323 e. The van der Waals surface area contributed by atoms with Gasteiger partial charge >= 0.3 is 11.9 Å². The number of aliphatic hydroxyl groups is 1. The molecule has 5 heteroatoms. The number of carbonyl (C=O) groups is 2. The van der Waals surface area contributed by atoms with E-state index in [0.717, 1.165) is 6.42 Å². The number of aliphatic carboxylic acids is 2. The van der Waals surface area contributed by atoms with Gasteiger partial charge in [-0.05, 0) is 25.2 Å². The van der Waals surface area contributed by atoms with Crippen molar-refractivity contribution in [2.75, 3.05) is 6.61 Å². The van der Waals surface area contributed by atoms with Crippen molar-refractivity contribution in [3.05, 3.63) is 12.2 Å². The zero-order valence-corrected chi connectivity index (χ0v) is 10.2. The molecule has 0 saturated heterocycles. The quantitative estimate of drug-likeness (QED) is 0.444. The van der Waals surface area contributed by atoms with Gasteiger partial charge in [-0.15, -0.1) is 0 Å². The van der Waals surface area contributed by atoms with E-state index in [2.05, 4.69) is 0 Å². The molecule has 1 atom stereocenters. The minimum Gasteiger partial charge on any atom is -0.480 e. The molecule has 98 valence electrons. The van der Waals surface area contributed by atoms with Crippen LogP contribution >= 0.6 is 0 Å². The number of aliphatic hydroxyl groups excluding tert-OH is 1. The molecule has 0 amide bonds. The van der Waals surface area contributed by atoms with Crippen LogP contribution in [0.3, 0.4) is 0 Å². The maximum atomic E-state index is 11.1. The van der Waals surface area contributed by atoms with Gasteiger partial charge < -0.3 is 15.3 Å². The van der Waals surface area contributed by atoms with Crippen LogP contribution in [0.1, 0.15) is 33.1 Å². The number of rotatable bonds is 8. The summed E-state index contributed by atoms with van der Waals surface area (Å²) in [6, 6.07) is 0. The lowest BCUT2D eigenvalue weighted by Gasteiger charge is -2.28. The zero-order chi connectivity index (χ0) is 13.5. The molecule has 0 aliphatic carbocycles. The Morgan fingerprint density at radius 2 is 1.76 bits per heavy atom. The van der Waals surface area contributed by atoms with Gasteiger partial charge in [-0.3, -0.25) is 9.59 Å².